The number of hydrogen-bond donors (Lipinski definition) is 2. The molecule has 0 saturated carbocycles. The van der Waals surface area contributed by atoms with Gasteiger partial charge >= 0.3 is 12.1 Å². The molecule has 1 unspecified atom stereocenters. The van der Waals surface area contributed by atoms with Gasteiger partial charge in [0.15, 0.2) is 0 Å². The van der Waals surface area contributed by atoms with Crippen molar-refractivity contribution in [3.63, 3.8) is 0 Å². The van der Waals surface area contributed by atoms with Crippen LogP contribution in [0.3, 0.4) is 0 Å². The van der Waals surface area contributed by atoms with Gasteiger partial charge in [0.1, 0.15) is 12.1 Å². The van der Waals surface area contributed by atoms with Crippen molar-refractivity contribution in [2.75, 3.05) is 19.6 Å². The highest BCUT2D eigenvalue weighted by molar-refractivity contribution is 5.84. The van der Waals surface area contributed by atoms with Crippen LogP contribution < -0.4 is 5.32 Å². The molecule has 1 rings (SSSR count). The molecule has 0 spiro atoms. The summed E-state index contributed by atoms with van der Waals surface area (Å²) in [6.45, 7) is 5.60. The first kappa shape index (κ1) is 16.3. The highest BCUT2D eigenvalue weighted by atomic mass is 16.6. The average Bonchev–Trinajstić information content (AvgIpc) is 2.27. The van der Waals surface area contributed by atoms with E-state index in [1.165, 1.54) is 4.90 Å². The number of piperidine rings is 1. The van der Waals surface area contributed by atoms with Crippen LogP contribution >= 0.6 is 0 Å². The van der Waals surface area contributed by atoms with Crippen molar-refractivity contribution in [1.82, 2.24) is 10.2 Å². The van der Waals surface area contributed by atoms with Crippen molar-refractivity contribution in [1.29, 1.82) is 0 Å². The van der Waals surface area contributed by atoms with Crippen LogP contribution in [0.1, 0.15) is 33.6 Å². The maximum absolute atomic E-state index is 12.0. The molecular formula is C13H22N2O5. The van der Waals surface area contributed by atoms with Gasteiger partial charge in [0.2, 0.25) is 5.91 Å². The number of carboxylic acid groups (broad SMARTS) is 1. The highest BCUT2D eigenvalue weighted by Crippen LogP contribution is 2.17. The van der Waals surface area contributed by atoms with Gasteiger partial charge in [0, 0.05) is 13.1 Å². The summed E-state index contributed by atoms with van der Waals surface area (Å²) in [5, 5.41) is 11.3. The Balaban J connectivity index is 2.45. The number of carbonyl (C=O) groups is 3. The lowest BCUT2D eigenvalue weighted by Gasteiger charge is -2.31. The van der Waals surface area contributed by atoms with Crippen LogP contribution in [0.4, 0.5) is 4.79 Å². The molecule has 2 amide bonds. The number of nitrogens with zero attached hydrogens (tertiary/aromatic N) is 1. The summed E-state index contributed by atoms with van der Waals surface area (Å²) >= 11 is 0. The standard InChI is InChI=1S/C13H22N2O5/c1-13(2,3)20-12(19)14-7-9-5-4-6-15(11(9)18)8-10(16)17/h9H,4-8H2,1-3H3,(H,14,19)(H,16,17). The zero-order chi connectivity index (χ0) is 15.3. The number of ether oxygens (including phenoxy) is 1. The van der Waals surface area contributed by atoms with Crippen LogP contribution in [0.2, 0.25) is 0 Å². The topological polar surface area (TPSA) is 95.9 Å². The minimum atomic E-state index is -1.03. The SMILES string of the molecule is CC(C)(C)OC(=O)NCC1CCCN(CC(=O)O)C1=O. The molecule has 7 nitrogen and oxygen atoms in total. The lowest BCUT2D eigenvalue weighted by Crippen LogP contribution is -2.47. The zero-order valence-electron chi connectivity index (χ0n) is 12.1. The van der Waals surface area contributed by atoms with E-state index < -0.39 is 17.7 Å². The van der Waals surface area contributed by atoms with E-state index in [2.05, 4.69) is 5.32 Å². The molecule has 0 aliphatic carbocycles. The van der Waals surface area contributed by atoms with Gasteiger partial charge < -0.3 is 20.1 Å². The van der Waals surface area contributed by atoms with Crippen LogP contribution in [0.25, 0.3) is 0 Å². The van der Waals surface area contributed by atoms with Crippen molar-refractivity contribution < 1.29 is 24.2 Å². The molecule has 0 aromatic rings. The third-order valence-corrected chi connectivity index (χ3v) is 2.86. The van der Waals surface area contributed by atoms with Crippen LogP contribution in [0.5, 0.6) is 0 Å². The molecule has 0 radical (unpaired) electrons. The number of likely N-dealkylation sites (tertiary alicyclic amines) is 1. The summed E-state index contributed by atoms with van der Waals surface area (Å²) in [5.41, 5.74) is -0.587. The Morgan fingerprint density at radius 2 is 2.10 bits per heavy atom. The van der Waals surface area contributed by atoms with Crippen LogP contribution in [-0.2, 0) is 14.3 Å². The van der Waals surface area contributed by atoms with Crippen molar-refractivity contribution in [2.24, 2.45) is 5.92 Å². The normalized spacial score (nSPS) is 19.6. The van der Waals surface area contributed by atoms with E-state index in [0.717, 1.165) is 6.42 Å². The minimum Gasteiger partial charge on any atom is -0.480 e. The average molecular weight is 286 g/mol. The monoisotopic (exact) mass is 286 g/mol. The van der Waals surface area contributed by atoms with Crippen LogP contribution in [0, 0.1) is 5.92 Å². The van der Waals surface area contributed by atoms with Gasteiger partial charge in [-0.05, 0) is 33.6 Å². The fraction of sp³-hybridized carbons (Fsp3) is 0.769. The third kappa shape index (κ3) is 5.46. The van der Waals surface area contributed by atoms with Crippen molar-refractivity contribution >= 4 is 18.0 Å². The molecule has 7 heteroatoms. The van der Waals surface area contributed by atoms with Crippen LogP contribution in [0.15, 0.2) is 0 Å². The van der Waals surface area contributed by atoms with Crippen molar-refractivity contribution in [3.8, 4) is 0 Å². The second-order valence-corrected chi connectivity index (χ2v) is 5.88. The number of hydrogen-bond acceptors (Lipinski definition) is 4. The molecule has 1 fully saturated rings. The molecule has 1 aliphatic heterocycles. The fourth-order valence-corrected chi connectivity index (χ4v) is 2.05. The molecule has 2 N–H and O–H groups in total. The summed E-state index contributed by atoms with van der Waals surface area (Å²) in [7, 11) is 0. The number of nitrogens with one attached hydrogen (secondary N) is 1. The Bertz CT molecular complexity index is 389. The van der Waals surface area contributed by atoms with Crippen molar-refractivity contribution in [3.05, 3.63) is 0 Å². The Morgan fingerprint density at radius 1 is 1.45 bits per heavy atom. The van der Waals surface area contributed by atoms with E-state index in [-0.39, 0.29) is 24.9 Å². The highest BCUT2D eigenvalue weighted by Gasteiger charge is 2.30. The first-order chi connectivity index (χ1) is 9.19. The Kier molecular flexibility index (Phi) is 5.35. The van der Waals surface area contributed by atoms with E-state index in [9.17, 15) is 14.4 Å². The number of aliphatic carboxylic acids is 1. The number of carboxylic acids is 1. The molecule has 1 saturated heterocycles. The zero-order valence-corrected chi connectivity index (χ0v) is 12.1. The molecule has 1 atom stereocenters. The molecular weight excluding hydrogens is 264 g/mol. The van der Waals surface area contributed by atoms with E-state index in [1.54, 1.807) is 20.8 Å². The molecule has 1 heterocycles. The second kappa shape index (κ2) is 6.58. The molecule has 1 aliphatic rings. The molecule has 114 valence electrons. The number of alkyl carbamates (subject to hydrolysis) is 1. The minimum absolute atomic E-state index is 0.171. The quantitative estimate of drug-likeness (QED) is 0.798. The Morgan fingerprint density at radius 3 is 2.65 bits per heavy atom. The van der Waals surface area contributed by atoms with Gasteiger partial charge in [0.05, 0.1) is 5.92 Å². The van der Waals surface area contributed by atoms with Gasteiger partial charge in [-0.25, -0.2) is 4.79 Å². The van der Waals surface area contributed by atoms with E-state index in [1.807, 2.05) is 0 Å². The lowest BCUT2D eigenvalue weighted by atomic mass is 9.97. The van der Waals surface area contributed by atoms with E-state index >= 15 is 0 Å². The van der Waals surface area contributed by atoms with Crippen LogP contribution in [-0.4, -0.2) is 53.2 Å². The predicted molar refractivity (Wildman–Crippen MR) is 71.2 cm³/mol. The summed E-state index contributed by atoms with van der Waals surface area (Å²) < 4.78 is 5.09. The first-order valence-electron chi connectivity index (χ1n) is 6.66. The van der Waals surface area contributed by atoms with Gasteiger partial charge in [-0.3, -0.25) is 9.59 Å². The maximum Gasteiger partial charge on any atom is 0.407 e. The van der Waals surface area contributed by atoms with Crippen molar-refractivity contribution in [2.45, 2.75) is 39.2 Å². The molecule has 0 aromatic carbocycles. The smallest absolute Gasteiger partial charge is 0.407 e. The van der Waals surface area contributed by atoms with Gasteiger partial charge in [-0.1, -0.05) is 0 Å². The summed E-state index contributed by atoms with van der Waals surface area (Å²) in [6.07, 6.45) is 0.811. The van der Waals surface area contributed by atoms with E-state index in [0.29, 0.717) is 13.0 Å². The number of amides is 2. The van der Waals surface area contributed by atoms with Gasteiger partial charge in [-0.15, -0.1) is 0 Å². The maximum atomic E-state index is 12.0. The number of carbonyl (C=O) groups excluding carboxylic acids is 2. The first-order valence-corrected chi connectivity index (χ1v) is 6.66. The Hall–Kier alpha value is -1.79. The largest absolute Gasteiger partial charge is 0.480 e. The molecule has 20 heavy (non-hydrogen) atoms. The van der Waals surface area contributed by atoms with Gasteiger partial charge in [0.25, 0.3) is 0 Å². The molecule has 0 bridgehead atoms. The second-order valence-electron chi connectivity index (χ2n) is 5.88. The summed E-state index contributed by atoms with van der Waals surface area (Å²) in [6, 6.07) is 0. The van der Waals surface area contributed by atoms with Gasteiger partial charge in [-0.2, -0.15) is 0 Å². The molecule has 0 aromatic heterocycles. The summed E-state index contributed by atoms with van der Waals surface area (Å²) in [4.78, 5) is 35.5. The fourth-order valence-electron chi connectivity index (χ4n) is 2.05. The summed E-state index contributed by atoms with van der Waals surface area (Å²) in [5.74, 6) is -1.63. The van der Waals surface area contributed by atoms with E-state index in [4.69, 9.17) is 9.84 Å². The predicted octanol–water partition coefficient (Wildman–Crippen LogP) is 0.834. The Labute approximate surface area is 118 Å². The number of rotatable bonds is 4. The lowest BCUT2D eigenvalue weighted by molar-refractivity contribution is -0.148. The third-order valence-electron chi connectivity index (χ3n) is 2.86.